The number of furan rings is 1. The second-order valence-electron chi connectivity index (χ2n) is 12.9. The molecule has 4 saturated carbocycles. The van der Waals surface area contributed by atoms with Gasteiger partial charge in [-0.3, -0.25) is 14.4 Å². The van der Waals surface area contributed by atoms with E-state index in [1.54, 1.807) is 13.8 Å². The molecular formula is C27H34O11. The molecule has 0 aromatic carbocycles. The first kappa shape index (κ1) is 25.9. The third-order valence-electron chi connectivity index (χ3n) is 11.8. The molecule has 5 fully saturated rings. The number of aliphatic hydroxyl groups is 5. The predicted molar refractivity (Wildman–Crippen MR) is 125 cm³/mol. The standard InChI is InChI=1S/C27H34O11/c1-21(18(30)13-5-8-37-11-13)6-7-24(32)23(3)14(9-16(28)36-4)22(2)12-25(23,33)27(35,19(22)31)20-26(24,34)15(21)10-17(29)38-20/h5,8,11,14-15,19-20,31-35H,6-7,9-10,12H2,1-4H3. The number of fused-ring (bicyclic) bond motifs is 3. The van der Waals surface area contributed by atoms with Crippen molar-refractivity contribution in [3.8, 4) is 0 Å². The molecule has 1 aromatic heterocycles. The smallest absolute Gasteiger partial charge is 0.306 e. The number of Topliss-reactive ketones (excluding diaryl/α,β-unsaturated/α-hetero) is 1. The van der Waals surface area contributed by atoms with Crippen LogP contribution >= 0.6 is 0 Å². The molecule has 0 spiro atoms. The minimum Gasteiger partial charge on any atom is -0.472 e. The van der Waals surface area contributed by atoms with E-state index in [1.165, 1.54) is 32.6 Å². The van der Waals surface area contributed by atoms with Crippen LogP contribution in [-0.4, -0.2) is 85.0 Å². The lowest BCUT2D eigenvalue weighted by Crippen LogP contribution is -2.94. The molecule has 0 radical (unpaired) electrons. The molecule has 11 heteroatoms. The van der Waals surface area contributed by atoms with Crippen molar-refractivity contribution in [1.82, 2.24) is 0 Å². The molecule has 4 aliphatic carbocycles. The van der Waals surface area contributed by atoms with E-state index < -0.39 is 86.8 Å². The molecule has 5 aliphatic rings. The Hall–Kier alpha value is -2.31. The molecule has 1 aromatic rings. The van der Waals surface area contributed by atoms with Crippen molar-refractivity contribution in [2.45, 2.75) is 87.5 Å². The lowest BCUT2D eigenvalue weighted by Gasteiger charge is -2.76. The van der Waals surface area contributed by atoms with Gasteiger partial charge in [-0.15, -0.1) is 0 Å². The van der Waals surface area contributed by atoms with Crippen LogP contribution in [0.5, 0.6) is 0 Å². The second kappa shape index (κ2) is 7.06. The van der Waals surface area contributed by atoms with Gasteiger partial charge in [0.15, 0.2) is 17.5 Å². The average molecular weight is 535 g/mol. The van der Waals surface area contributed by atoms with Crippen molar-refractivity contribution < 1.29 is 53.8 Å². The maximum Gasteiger partial charge on any atom is 0.306 e. The molecule has 2 bridgehead atoms. The number of rotatable bonds is 4. The first-order chi connectivity index (χ1) is 17.5. The van der Waals surface area contributed by atoms with Crippen LogP contribution in [0, 0.1) is 28.1 Å². The summed E-state index contributed by atoms with van der Waals surface area (Å²) in [5.41, 5.74) is -13.8. The second-order valence-corrected chi connectivity index (χ2v) is 12.9. The highest BCUT2D eigenvalue weighted by Crippen LogP contribution is 2.82. The molecule has 2 heterocycles. The fraction of sp³-hybridized carbons (Fsp3) is 0.741. The van der Waals surface area contributed by atoms with E-state index in [1.807, 2.05) is 0 Å². The van der Waals surface area contributed by atoms with Gasteiger partial charge in [-0.2, -0.15) is 0 Å². The van der Waals surface area contributed by atoms with E-state index >= 15 is 0 Å². The molecule has 6 rings (SSSR count). The van der Waals surface area contributed by atoms with Crippen LogP contribution in [0.2, 0.25) is 0 Å². The normalized spacial score (nSPS) is 54.3. The molecule has 1 saturated heterocycles. The van der Waals surface area contributed by atoms with Crippen molar-refractivity contribution in [3.05, 3.63) is 24.2 Å². The lowest BCUT2D eigenvalue weighted by molar-refractivity contribution is -0.439. The Morgan fingerprint density at radius 3 is 2.37 bits per heavy atom. The zero-order valence-electron chi connectivity index (χ0n) is 21.8. The van der Waals surface area contributed by atoms with Crippen molar-refractivity contribution in [3.63, 3.8) is 0 Å². The largest absolute Gasteiger partial charge is 0.472 e. The quantitative estimate of drug-likeness (QED) is 0.261. The number of methoxy groups -OCH3 is 1. The van der Waals surface area contributed by atoms with Gasteiger partial charge < -0.3 is 39.4 Å². The van der Waals surface area contributed by atoms with Gasteiger partial charge in [0.2, 0.25) is 0 Å². The van der Waals surface area contributed by atoms with Crippen molar-refractivity contribution >= 4 is 17.7 Å². The van der Waals surface area contributed by atoms with E-state index in [4.69, 9.17) is 13.9 Å². The SMILES string of the molecule is COC(=O)CC1C2(C)CC3(O)C(O)(C2O)C2OC(=O)CC4C(C)(C(=O)c5ccoc5)CCC(O)(C42O)C13C. The minimum atomic E-state index is -2.60. The summed E-state index contributed by atoms with van der Waals surface area (Å²) in [5.74, 6) is -4.11. The van der Waals surface area contributed by atoms with Gasteiger partial charge in [-0.25, -0.2) is 0 Å². The van der Waals surface area contributed by atoms with Gasteiger partial charge in [0.1, 0.15) is 23.1 Å². The third kappa shape index (κ3) is 2.28. The van der Waals surface area contributed by atoms with E-state index in [9.17, 15) is 39.9 Å². The predicted octanol–water partition coefficient (Wildman–Crippen LogP) is 0.102. The van der Waals surface area contributed by atoms with E-state index in [0.717, 1.165) is 0 Å². The number of hydrogen-bond acceptors (Lipinski definition) is 11. The Labute approximate surface area is 218 Å². The number of ether oxygens (including phenoxy) is 2. The number of hydrogen-bond donors (Lipinski definition) is 5. The highest BCUT2D eigenvalue weighted by molar-refractivity contribution is 6.01. The van der Waals surface area contributed by atoms with Crippen LogP contribution in [0.15, 0.2) is 23.0 Å². The molecule has 11 nitrogen and oxygen atoms in total. The summed E-state index contributed by atoms with van der Waals surface area (Å²) in [7, 11) is 1.20. The van der Waals surface area contributed by atoms with Crippen LogP contribution in [0.1, 0.15) is 63.2 Å². The Bertz CT molecular complexity index is 1250. The molecule has 11 atom stereocenters. The first-order valence-electron chi connectivity index (χ1n) is 12.9. The van der Waals surface area contributed by atoms with Crippen LogP contribution in [-0.2, 0) is 19.1 Å². The number of aliphatic hydroxyl groups excluding tert-OH is 1. The highest BCUT2D eigenvalue weighted by atomic mass is 16.6. The topological polar surface area (TPSA) is 184 Å². The van der Waals surface area contributed by atoms with Crippen molar-refractivity contribution in [1.29, 1.82) is 0 Å². The lowest BCUT2D eigenvalue weighted by atomic mass is 9.33. The highest BCUT2D eigenvalue weighted by Gasteiger charge is 2.97. The van der Waals surface area contributed by atoms with Gasteiger partial charge in [0.25, 0.3) is 0 Å². The number of carbonyl (C=O) groups is 3. The van der Waals surface area contributed by atoms with Gasteiger partial charge >= 0.3 is 11.9 Å². The molecule has 1 aliphatic heterocycles. The summed E-state index contributed by atoms with van der Waals surface area (Å²) in [6.07, 6.45) is -2.28. The van der Waals surface area contributed by atoms with Gasteiger partial charge in [0.05, 0.1) is 31.5 Å². The van der Waals surface area contributed by atoms with Gasteiger partial charge in [-0.1, -0.05) is 20.8 Å². The Morgan fingerprint density at radius 2 is 1.76 bits per heavy atom. The average Bonchev–Trinajstić information content (AvgIpc) is 3.51. The van der Waals surface area contributed by atoms with Crippen LogP contribution in [0.3, 0.4) is 0 Å². The summed E-state index contributed by atoms with van der Waals surface area (Å²) in [5, 5.41) is 61.7. The fourth-order valence-electron chi connectivity index (χ4n) is 9.96. The first-order valence-corrected chi connectivity index (χ1v) is 12.9. The Morgan fingerprint density at radius 1 is 1.08 bits per heavy atom. The maximum atomic E-state index is 13.8. The zero-order chi connectivity index (χ0) is 27.9. The summed E-state index contributed by atoms with van der Waals surface area (Å²) in [4.78, 5) is 39.4. The summed E-state index contributed by atoms with van der Waals surface area (Å²) >= 11 is 0. The zero-order valence-corrected chi connectivity index (χ0v) is 21.8. The third-order valence-corrected chi connectivity index (χ3v) is 11.8. The van der Waals surface area contributed by atoms with Crippen molar-refractivity contribution in [2.24, 2.45) is 28.1 Å². The van der Waals surface area contributed by atoms with Crippen LogP contribution < -0.4 is 0 Å². The molecular weight excluding hydrogens is 500 g/mol. The maximum absolute atomic E-state index is 13.8. The molecule has 0 amide bonds. The molecule has 38 heavy (non-hydrogen) atoms. The summed E-state index contributed by atoms with van der Waals surface area (Å²) < 4.78 is 15.6. The van der Waals surface area contributed by atoms with Gasteiger partial charge in [-0.05, 0) is 31.2 Å². The fourth-order valence-corrected chi connectivity index (χ4v) is 9.96. The monoisotopic (exact) mass is 534 g/mol. The number of esters is 2. The minimum absolute atomic E-state index is 0.0226. The summed E-state index contributed by atoms with van der Waals surface area (Å²) in [6.45, 7) is 4.70. The summed E-state index contributed by atoms with van der Waals surface area (Å²) in [6, 6.07) is 1.47. The van der Waals surface area contributed by atoms with E-state index in [0.29, 0.717) is 0 Å². The Kier molecular flexibility index (Phi) is 4.82. The molecule has 5 N–H and O–H groups in total. The molecule has 208 valence electrons. The van der Waals surface area contributed by atoms with E-state index in [2.05, 4.69) is 0 Å². The van der Waals surface area contributed by atoms with Crippen molar-refractivity contribution in [2.75, 3.05) is 7.11 Å². The Balaban J connectivity index is 1.61. The molecule has 11 unspecified atom stereocenters. The van der Waals surface area contributed by atoms with E-state index in [-0.39, 0.29) is 31.2 Å². The number of ketones is 1. The number of carbonyl (C=O) groups excluding carboxylic acids is 3. The van der Waals surface area contributed by atoms with Crippen LogP contribution in [0.25, 0.3) is 0 Å². The van der Waals surface area contributed by atoms with Crippen LogP contribution in [0.4, 0.5) is 0 Å². The van der Waals surface area contributed by atoms with Gasteiger partial charge in [0, 0.05) is 28.6 Å².